The summed E-state index contributed by atoms with van der Waals surface area (Å²) in [7, 11) is 0. The molecule has 0 bridgehead atoms. The van der Waals surface area contributed by atoms with E-state index in [1.807, 2.05) is 0 Å². The molecule has 0 saturated carbocycles. The lowest BCUT2D eigenvalue weighted by molar-refractivity contribution is 0.0975. The Bertz CT molecular complexity index is 821. The molecule has 0 fully saturated rings. The molecule has 0 heterocycles. The highest BCUT2D eigenvalue weighted by Crippen LogP contribution is 2.47. The minimum atomic E-state index is -0.671. The lowest BCUT2D eigenvalue weighted by atomic mass is 9.81. The second-order valence-corrected chi connectivity index (χ2v) is 6.31. The van der Waals surface area contributed by atoms with Crippen LogP contribution < -0.4 is 11.5 Å². The molecular weight excluding hydrogens is 420 g/mol. The van der Waals surface area contributed by atoms with Gasteiger partial charge in [0.25, 0.3) is 0 Å². The summed E-state index contributed by atoms with van der Waals surface area (Å²) < 4.78 is 0.406. The van der Waals surface area contributed by atoms with Crippen molar-refractivity contribution in [1.29, 1.82) is 0 Å². The highest BCUT2D eigenvalue weighted by atomic mass is 79.9. The topological polar surface area (TPSA) is 127 Å². The maximum absolute atomic E-state index is 12.7. The average molecular weight is 428 g/mol. The largest absolute Gasteiger partial charge is 0.507 e. The van der Waals surface area contributed by atoms with Gasteiger partial charge in [0, 0.05) is 5.69 Å². The van der Waals surface area contributed by atoms with E-state index in [1.54, 1.807) is 0 Å². The molecule has 0 radical (unpaired) electrons. The SMILES string of the molecule is Nc1ccc(O)c2c1C(=O)c1c(O)c(Br)c(Br)c(N)c1C2=O. The molecule has 0 unspecified atom stereocenters. The molecule has 0 amide bonds. The Morgan fingerprint density at radius 1 is 0.818 bits per heavy atom. The molecule has 3 rings (SSSR count). The molecule has 0 aliphatic heterocycles. The van der Waals surface area contributed by atoms with Gasteiger partial charge in [-0.15, -0.1) is 0 Å². The van der Waals surface area contributed by atoms with Gasteiger partial charge >= 0.3 is 0 Å². The van der Waals surface area contributed by atoms with Crippen LogP contribution in [0.25, 0.3) is 0 Å². The van der Waals surface area contributed by atoms with E-state index in [0.29, 0.717) is 0 Å². The molecule has 8 heteroatoms. The molecule has 2 aromatic carbocycles. The molecule has 2 aromatic rings. The van der Waals surface area contributed by atoms with Crippen LogP contribution in [0.15, 0.2) is 21.1 Å². The number of hydrogen-bond acceptors (Lipinski definition) is 6. The maximum Gasteiger partial charge on any atom is 0.200 e. The number of benzene rings is 2. The van der Waals surface area contributed by atoms with Crippen molar-refractivity contribution in [3.63, 3.8) is 0 Å². The van der Waals surface area contributed by atoms with E-state index in [-0.39, 0.29) is 48.3 Å². The molecule has 0 atom stereocenters. The Morgan fingerprint density at radius 3 is 2.05 bits per heavy atom. The zero-order valence-corrected chi connectivity index (χ0v) is 13.9. The third-order valence-electron chi connectivity index (χ3n) is 3.52. The number of ketones is 2. The Balaban J connectivity index is 2.50. The Kier molecular flexibility index (Phi) is 3.19. The van der Waals surface area contributed by atoms with Crippen molar-refractivity contribution in [2.75, 3.05) is 11.5 Å². The molecule has 1 aliphatic carbocycles. The predicted octanol–water partition coefficient (Wildman–Crippen LogP) is 2.56. The van der Waals surface area contributed by atoms with Crippen LogP contribution in [-0.4, -0.2) is 21.8 Å². The second kappa shape index (κ2) is 4.72. The third kappa shape index (κ3) is 1.71. The van der Waals surface area contributed by atoms with Crippen LogP contribution in [0, 0.1) is 0 Å². The van der Waals surface area contributed by atoms with Gasteiger partial charge in [-0.2, -0.15) is 0 Å². The first-order valence-corrected chi connectivity index (χ1v) is 7.56. The molecule has 1 aliphatic rings. The lowest BCUT2D eigenvalue weighted by Gasteiger charge is -2.23. The molecule has 6 N–H and O–H groups in total. The number of fused-ring (bicyclic) bond motifs is 2. The number of aromatic hydroxyl groups is 2. The van der Waals surface area contributed by atoms with Crippen molar-refractivity contribution < 1.29 is 19.8 Å². The van der Waals surface area contributed by atoms with Crippen LogP contribution in [-0.2, 0) is 0 Å². The van der Waals surface area contributed by atoms with E-state index in [9.17, 15) is 19.8 Å². The van der Waals surface area contributed by atoms with E-state index < -0.39 is 17.3 Å². The monoisotopic (exact) mass is 426 g/mol. The van der Waals surface area contributed by atoms with Crippen LogP contribution in [0.1, 0.15) is 31.8 Å². The summed E-state index contributed by atoms with van der Waals surface area (Å²) >= 11 is 6.26. The summed E-state index contributed by atoms with van der Waals surface area (Å²) in [6.07, 6.45) is 0. The molecule has 112 valence electrons. The van der Waals surface area contributed by atoms with Crippen molar-refractivity contribution in [3.05, 3.63) is 43.3 Å². The standard InChI is InChI=1S/C14H8Br2N2O4/c15-9-10(16)14(22)8-7(11(9)18)13(21)6-4(19)2-1-3(17)5(6)12(8)20/h1-2,19,22H,17-18H2. The summed E-state index contributed by atoms with van der Waals surface area (Å²) in [6, 6.07) is 2.55. The van der Waals surface area contributed by atoms with Crippen molar-refractivity contribution in [2.45, 2.75) is 0 Å². The zero-order valence-electron chi connectivity index (χ0n) is 10.8. The smallest absolute Gasteiger partial charge is 0.200 e. The number of anilines is 2. The number of phenols is 2. The number of carbonyl (C=O) groups excluding carboxylic acids is 2. The van der Waals surface area contributed by atoms with E-state index in [2.05, 4.69) is 31.9 Å². The fourth-order valence-corrected chi connectivity index (χ4v) is 3.28. The highest BCUT2D eigenvalue weighted by molar-refractivity contribution is 9.13. The summed E-state index contributed by atoms with van der Waals surface area (Å²) in [4.78, 5) is 25.3. The minimum Gasteiger partial charge on any atom is -0.507 e. The van der Waals surface area contributed by atoms with E-state index in [4.69, 9.17) is 11.5 Å². The van der Waals surface area contributed by atoms with Crippen LogP contribution in [0.5, 0.6) is 11.5 Å². The van der Waals surface area contributed by atoms with Gasteiger partial charge in [0.1, 0.15) is 11.5 Å². The van der Waals surface area contributed by atoms with Crippen molar-refractivity contribution in [2.24, 2.45) is 0 Å². The van der Waals surface area contributed by atoms with Gasteiger partial charge in [0.2, 0.25) is 11.6 Å². The van der Waals surface area contributed by atoms with Crippen LogP contribution in [0.3, 0.4) is 0 Å². The van der Waals surface area contributed by atoms with Crippen molar-refractivity contribution in [1.82, 2.24) is 0 Å². The zero-order chi connectivity index (χ0) is 16.3. The Morgan fingerprint density at radius 2 is 1.41 bits per heavy atom. The van der Waals surface area contributed by atoms with E-state index in [1.165, 1.54) is 12.1 Å². The minimum absolute atomic E-state index is 0.00880. The van der Waals surface area contributed by atoms with Gasteiger partial charge in [0.15, 0.2) is 0 Å². The van der Waals surface area contributed by atoms with E-state index in [0.717, 1.165) is 0 Å². The van der Waals surface area contributed by atoms with Gasteiger partial charge < -0.3 is 21.7 Å². The predicted molar refractivity (Wildman–Crippen MR) is 87.3 cm³/mol. The summed E-state index contributed by atoms with van der Waals surface area (Å²) in [5.74, 6) is -2.13. The number of halogens is 2. The Labute approximate surface area is 141 Å². The van der Waals surface area contributed by atoms with Gasteiger partial charge in [-0.1, -0.05) is 0 Å². The quantitative estimate of drug-likeness (QED) is 0.322. The highest BCUT2D eigenvalue weighted by Gasteiger charge is 2.39. The van der Waals surface area contributed by atoms with Gasteiger partial charge in [0.05, 0.1) is 36.9 Å². The summed E-state index contributed by atoms with van der Waals surface area (Å²) in [5.41, 5.74) is 10.9. The van der Waals surface area contributed by atoms with Gasteiger partial charge in [-0.3, -0.25) is 9.59 Å². The lowest BCUT2D eigenvalue weighted by Crippen LogP contribution is -2.24. The van der Waals surface area contributed by atoms with Gasteiger partial charge in [-0.25, -0.2) is 0 Å². The van der Waals surface area contributed by atoms with Crippen molar-refractivity contribution >= 4 is 54.8 Å². The number of nitrogen functional groups attached to an aromatic ring is 2. The number of nitrogens with two attached hydrogens (primary N) is 2. The fraction of sp³-hybridized carbons (Fsp3) is 0. The molecule has 0 spiro atoms. The van der Waals surface area contributed by atoms with E-state index >= 15 is 0 Å². The first-order chi connectivity index (χ1) is 10.3. The normalized spacial score (nSPS) is 13.0. The first kappa shape index (κ1) is 14.9. The summed E-state index contributed by atoms with van der Waals surface area (Å²) in [5, 5.41) is 20.1. The second-order valence-electron chi connectivity index (χ2n) is 4.72. The number of hydrogen-bond donors (Lipinski definition) is 4. The van der Waals surface area contributed by atoms with Crippen LogP contribution in [0.4, 0.5) is 11.4 Å². The molecule has 22 heavy (non-hydrogen) atoms. The third-order valence-corrected chi connectivity index (χ3v) is 5.64. The summed E-state index contributed by atoms with van der Waals surface area (Å²) in [6.45, 7) is 0. The molecule has 0 saturated heterocycles. The maximum atomic E-state index is 12.7. The first-order valence-electron chi connectivity index (χ1n) is 5.97. The fourth-order valence-electron chi connectivity index (χ4n) is 2.48. The average Bonchev–Trinajstić information content (AvgIpc) is 2.48. The number of phenolic OH excluding ortho intramolecular Hbond substituents is 2. The molecular formula is C14H8Br2N2O4. The van der Waals surface area contributed by atoms with Gasteiger partial charge in [-0.05, 0) is 44.0 Å². The Hall–Kier alpha value is -2.06. The molecule has 6 nitrogen and oxygen atoms in total. The van der Waals surface area contributed by atoms with Crippen LogP contribution in [0.2, 0.25) is 0 Å². The molecule has 0 aromatic heterocycles. The number of carbonyl (C=O) groups is 2. The number of rotatable bonds is 0. The van der Waals surface area contributed by atoms with Crippen molar-refractivity contribution in [3.8, 4) is 11.5 Å². The van der Waals surface area contributed by atoms with Crippen LogP contribution >= 0.6 is 31.9 Å².